The number of carbonyl (C=O) groups excluding carboxylic acids is 1. The van der Waals surface area contributed by atoms with Gasteiger partial charge in [-0.3, -0.25) is 42.5 Å². The average molecular weight is 981 g/mol. The zero-order valence-electron chi connectivity index (χ0n) is 41.0. The van der Waals surface area contributed by atoms with E-state index in [1.807, 2.05) is 13.8 Å². The van der Waals surface area contributed by atoms with Gasteiger partial charge in [0.15, 0.2) is 23.6 Å². The number of hydrogen-bond donors (Lipinski definition) is 4. The Morgan fingerprint density at radius 3 is 2.00 bits per heavy atom. The lowest BCUT2D eigenvalue weighted by atomic mass is 9.93. The van der Waals surface area contributed by atoms with Gasteiger partial charge < -0.3 is 39.2 Å². The molecular weight excluding hydrogens is 904 g/mol. The van der Waals surface area contributed by atoms with Crippen molar-refractivity contribution >= 4 is 30.8 Å². The Hall–Kier alpha value is -3.79. The SMILES string of the molecule is CCCCCCCCCCCCCCCCCN(C[C@H]1O[C@@H](n2cnc3c(=O)[nH]c(N)nc32)C(OC)C1OP(=O)(O)OC(C)C)C(=O)CC1C(OC)[C@H](n2ccc(=O)[nH]c2=O)O[C@@H]1COC(C)C. The van der Waals surface area contributed by atoms with Crippen molar-refractivity contribution in [1.29, 1.82) is 0 Å². The number of amides is 1. The highest BCUT2D eigenvalue weighted by Crippen LogP contribution is 2.50. The van der Waals surface area contributed by atoms with Crippen LogP contribution < -0.4 is 22.5 Å². The van der Waals surface area contributed by atoms with Crippen LogP contribution in [0.3, 0.4) is 0 Å². The van der Waals surface area contributed by atoms with Crippen molar-refractivity contribution in [2.75, 3.05) is 39.6 Å². The summed E-state index contributed by atoms with van der Waals surface area (Å²) in [6, 6.07) is 1.21. The van der Waals surface area contributed by atoms with Crippen molar-refractivity contribution in [3.05, 3.63) is 49.8 Å². The van der Waals surface area contributed by atoms with Gasteiger partial charge in [-0.15, -0.1) is 0 Å². The minimum absolute atomic E-state index is 0.0237. The second-order valence-electron chi connectivity index (χ2n) is 18.6. The quantitative estimate of drug-likeness (QED) is 0.0418. The number of fused-ring (bicyclic) bond motifs is 1. The number of ether oxygens (including phenoxy) is 5. The number of phosphoric ester groups is 1. The molecule has 68 heavy (non-hydrogen) atoms. The number of nitrogens with zero attached hydrogens (tertiary/aromatic N) is 5. The van der Waals surface area contributed by atoms with Crippen molar-refractivity contribution in [3.63, 3.8) is 0 Å². The number of nitrogens with one attached hydrogen (secondary N) is 2. The topological polar surface area (TPSA) is 267 Å². The number of methoxy groups -OCH3 is 2. The fourth-order valence-electron chi connectivity index (χ4n) is 9.19. The van der Waals surface area contributed by atoms with Gasteiger partial charge in [-0.05, 0) is 34.1 Å². The molecule has 3 aromatic heterocycles. The maximum absolute atomic E-state index is 14.9. The van der Waals surface area contributed by atoms with Gasteiger partial charge in [0.1, 0.15) is 24.4 Å². The number of imidazole rings is 1. The van der Waals surface area contributed by atoms with Gasteiger partial charge in [-0.2, -0.15) is 4.98 Å². The molecule has 0 radical (unpaired) electrons. The molecule has 5 rings (SSSR count). The van der Waals surface area contributed by atoms with Gasteiger partial charge in [0.25, 0.3) is 11.1 Å². The molecule has 3 aromatic rings. The Bertz CT molecular complexity index is 2230. The van der Waals surface area contributed by atoms with Gasteiger partial charge >= 0.3 is 13.5 Å². The number of nitrogens with two attached hydrogens (primary N) is 1. The monoisotopic (exact) mass is 981 g/mol. The standard InChI is InChI=1S/C46H77N8O13P/c1-8-9-10-11-12-13-14-15-16-17-18-19-20-21-22-24-52(36(56)26-32-34(28-63-30(2)3)65-43(38(32)61-6)53-25-23-35(55)49-46(53)58)27-33-39(67-68(59,60)66-31(4)5)40(62-7)44(64-33)54-29-48-37-41(54)50-45(47)51-42(37)57/h23,25,29-34,38-40,43-44H,8-22,24,26-28H2,1-7H3,(H,59,60)(H,49,55,58)(H3,47,50,51,57)/t32?,33-,34-,38?,39?,40?,43-,44-/m1/s1. The molecular formula is C46H77N8O13P. The summed E-state index contributed by atoms with van der Waals surface area (Å²) in [4.78, 5) is 78.6. The van der Waals surface area contributed by atoms with E-state index < -0.39 is 79.6 Å². The third kappa shape index (κ3) is 15.6. The van der Waals surface area contributed by atoms with Crippen LogP contribution in [0.2, 0.25) is 0 Å². The van der Waals surface area contributed by atoms with E-state index in [0.29, 0.717) is 13.0 Å². The third-order valence-electron chi connectivity index (χ3n) is 12.6. The summed E-state index contributed by atoms with van der Waals surface area (Å²) in [7, 11) is -1.90. The summed E-state index contributed by atoms with van der Waals surface area (Å²) in [5.74, 6) is -1.10. The van der Waals surface area contributed by atoms with Crippen LogP contribution in [0.1, 0.15) is 150 Å². The molecule has 2 aliphatic rings. The summed E-state index contributed by atoms with van der Waals surface area (Å²) in [5.41, 5.74) is 4.13. The zero-order valence-corrected chi connectivity index (χ0v) is 41.9. The highest BCUT2D eigenvalue weighted by Gasteiger charge is 2.52. The minimum Gasteiger partial charge on any atom is -0.376 e. The van der Waals surface area contributed by atoms with E-state index in [1.165, 1.54) is 106 Å². The van der Waals surface area contributed by atoms with Crippen LogP contribution in [0.5, 0.6) is 0 Å². The maximum atomic E-state index is 14.9. The average Bonchev–Trinajstić information content (AvgIpc) is 3.95. The number of H-pyrrole nitrogens is 2. The van der Waals surface area contributed by atoms with E-state index >= 15 is 0 Å². The second kappa shape index (κ2) is 27.0. The molecule has 0 spiro atoms. The Balaban J connectivity index is 1.38. The molecule has 1 amide bonds. The molecule has 9 atom stereocenters. The highest BCUT2D eigenvalue weighted by atomic mass is 31.2. The molecule has 384 valence electrons. The molecule has 0 bridgehead atoms. The van der Waals surface area contributed by atoms with Gasteiger partial charge in [-0.1, -0.05) is 96.8 Å². The summed E-state index contributed by atoms with van der Waals surface area (Å²) >= 11 is 0. The fourth-order valence-corrected chi connectivity index (χ4v) is 10.3. The number of anilines is 1. The Kier molecular flexibility index (Phi) is 21.9. The number of nitrogen functional groups attached to an aromatic ring is 1. The zero-order chi connectivity index (χ0) is 49.4. The molecule has 0 aliphatic carbocycles. The molecule has 0 aromatic carbocycles. The minimum atomic E-state index is -4.75. The lowest BCUT2D eigenvalue weighted by molar-refractivity contribution is -0.137. The van der Waals surface area contributed by atoms with Crippen molar-refractivity contribution in [2.24, 2.45) is 5.92 Å². The van der Waals surface area contributed by atoms with E-state index in [9.17, 15) is 28.6 Å². The molecule has 0 saturated carbocycles. The highest BCUT2D eigenvalue weighted by molar-refractivity contribution is 7.47. The number of carbonyl (C=O) groups is 1. The van der Waals surface area contributed by atoms with Gasteiger partial charge in [0, 0.05) is 51.9 Å². The van der Waals surface area contributed by atoms with E-state index in [4.69, 9.17) is 38.5 Å². The molecule has 2 aliphatic heterocycles. The lowest BCUT2D eigenvalue weighted by Gasteiger charge is -2.31. The van der Waals surface area contributed by atoms with Crippen LogP contribution in [0.15, 0.2) is 33.0 Å². The molecule has 2 saturated heterocycles. The molecule has 5 N–H and O–H groups in total. The number of phosphoric acid groups is 1. The molecule has 22 heteroatoms. The Labute approximate surface area is 398 Å². The third-order valence-corrected chi connectivity index (χ3v) is 13.8. The van der Waals surface area contributed by atoms with Crippen LogP contribution in [0.4, 0.5) is 5.95 Å². The predicted octanol–water partition coefficient (Wildman–Crippen LogP) is 6.12. The van der Waals surface area contributed by atoms with E-state index in [2.05, 4.69) is 26.9 Å². The summed E-state index contributed by atoms with van der Waals surface area (Å²) in [6.07, 6.45) is 12.1. The Morgan fingerprint density at radius 1 is 0.838 bits per heavy atom. The number of unbranched alkanes of at least 4 members (excludes halogenated alkanes) is 14. The van der Waals surface area contributed by atoms with Crippen LogP contribution >= 0.6 is 7.82 Å². The van der Waals surface area contributed by atoms with Crippen LogP contribution in [0, 0.1) is 5.92 Å². The summed E-state index contributed by atoms with van der Waals surface area (Å²) in [6.45, 7) is 9.43. The lowest BCUT2D eigenvalue weighted by Crippen LogP contribution is -2.46. The number of hydrogen-bond acceptors (Lipinski definition) is 15. The normalized spacial score (nSPS) is 23.9. The first-order valence-electron chi connectivity index (χ1n) is 24.6. The first-order chi connectivity index (χ1) is 32.6. The predicted molar refractivity (Wildman–Crippen MR) is 255 cm³/mol. The van der Waals surface area contributed by atoms with Crippen molar-refractivity contribution in [1.82, 2.24) is 34.0 Å². The van der Waals surface area contributed by atoms with E-state index in [0.717, 1.165) is 25.7 Å². The molecule has 5 heterocycles. The number of rotatable bonds is 31. The van der Waals surface area contributed by atoms with Crippen LogP contribution in [0.25, 0.3) is 11.2 Å². The Morgan fingerprint density at radius 2 is 1.43 bits per heavy atom. The van der Waals surface area contributed by atoms with Crippen molar-refractivity contribution < 1.29 is 47.0 Å². The van der Waals surface area contributed by atoms with Gasteiger partial charge in [0.2, 0.25) is 11.9 Å². The molecule has 5 unspecified atom stereocenters. The number of aromatic amines is 2. The van der Waals surface area contributed by atoms with Crippen molar-refractivity contribution in [3.8, 4) is 0 Å². The largest absolute Gasteiger partial charge is 0.472 e. The van der Waals surface area contributed by atoms with Crippen LogP contribution in [-0.4, -0.2) is 121 Å². The van der Waals surface area contributed by atoms with Crippen molar-refractivity contribution in [2.45, 2.75) is 193 Å². The first kappa shape index (κ1) is 55.1. The number of aromatic nitrogens is 6. The smallest absolute Gasteiger partial charge is 0.376 e. The fraction of sp³-hybridized carbons (Fsp3) is 0.783. The first-order valence-corrected chi connectivity index (χ1v) is 26.1. The van der Waals surface area contributed by atoms with Crippen LogP contribution in [-0.2, 0) is 42.1 Å². The molecule has 2 fully saturated rings. The summed E-state index contributed by atoms with van der Waals surface area (Å²) in [5, 5.41) is 0. The van der Waals surface area contributed by atoms with E-state index in [-0.39, 0.29) is 48.7 Å². The van der Waals surface area contributed by atoms with Gasteiger partial charge in [0.05, 0.1) is 31.2 Å². The van der Waals surface area contributed by atoms with E-state index in [1.54, 1.807) is 18.7 Å². The molecule has 21 nitrogen and oxygen atoms in total. The summed E-state index contributed by atoms with van der Waals surface area (Å²) < 4.78 is 58.3. The maximum Gasteiger partial charge on any atom is 0.472 e. The second-order valence-corrected chi connectivity index (χ2v) is 19.9. The van der Waals surface area contributed by atoms with Gasteiger partial charge in [-0.25, -0.2) is 14.3 Å².